The third-order valence-corrected chi connectivity index (χ3v) is 0. The third kappa shape index (κ3) is 2830. The van der Waals surface area contributed by atoms with E-state index in [9.17, 15) is 0 Å². The van der Waals surface area contributed by atoms with E-state index in [4.69, 9.17) is 19.2 Å². The van der Waals surface area contributed by atoms with Crippen LogP contribution in [0.25, 0.3) is 0 Å². The quantitative estimate of drug-likeness (QED) is 0.350. The predicted octanol–water partition coefficient (Wildman–Crippen LogP) is 0.272. The summed E-state index contributed by atoms with van der Waals surface area (Å²) in [5.74, 6) is 0. The number of rotatable bonds is 0. The summed E-state index contributed by atoms with van der Waals surface area (Å²) in [5, 5.41) is 0. The van der Waals surface area contributed by atoms with Crippen LogP contribution in [-0.4, -0.2) is 36.0 Å². The van der Waals surface area contributed by atoms with Crippen molar-refractivity contribution < 1.29 is 36.0 Å². The molecule has 0 atom stereocenters. The average Bonchev–Trinajstić information content (AvgIpc) is 2.16. The molecule has 0 fully saturated rings. The number of hydrogen-bond acceptors (Lipinski definition) is 4. The van der Waals surface area contributed by atoms with Gasteiger partial charge < -0.3 is 19.2 Å². The molecule has 2 radical (unpaired) electrons. The minimum absolute atomic E-state index is 0. The zero-order chi connectivity index (χ0) is 11.6. The largest absolute Gasteiger partial charge is 0.545 e. The monoisotopic (exact) mass is 248 g/mol. The molecule has 0 heterocycles. The molecule has 0 unspecified atom stereocenters. The maximum Gasteiger partial charge on any atom is 0.0379 e. The first-order valence-corrected chi connectivity index (χ1v) is 5.44. The summed E-state index contributed by atoms with van der Waals surface area (Å²) in [5.41, 5.74) is 0. The van der Waals surface area contributed by atoms with Crippen LogP contribution in [0.4, 0.5) is 0 Å². The van der Waals surface area contributed by atoms with E-state index < -0.39 is 0 Å². The van der Waals surface area contributed by atoms with Crippen molar-refractivity contribution in [3.05, 3.63) is 0 Å². The van der Waals surface area contributed by atoms with Crippen LogP contribution in [0.15, 0.2) is 0 Å². The van der Waals surface area contributed by atoms with Gasteiger partial charge in [0.05, 0.1) is 0 Å². The van der Waals surface area contributed by atoms with Crippen LogP contribution in [0.3, 0.4) is 0 Å². The summed E-state index contributed by atoms with van der Waals surface area (Å²) >= 11 is 0. The second kappa shape index (κ2) is 214. The van der Waals surface area contributed by atoms with Crippen molar-refractivity contribution in [2.75, 3.05) is 0 Å². The van der Waals surface area contributed by atoms with Crippen molar-refractivity contribution in [2.24, 2.45) is 0 Å². The van der Waals surface area contributed by atoms with Crippen molar-refractivity contribution >= 4 is 36.0 Å². The Balaban J connectivity index is -0.0000000122. The van der Waals surface area contributed by atoms with Gasteiger partial charge in [0.1, 0.15) is 0 Å². The van der Waals surface area contributed by atoms with Crippen molar-refractivity contribution in [1.82, 2.24) is 0 Å². The van der Waals surface area contributed by atoms with Crippen LogP contribution < -0.4 is 0 Å². The fraction of sp³-hybridized carbons (Fsp3) is 0.429. The second-order valence-electron chi connectivity index (χ2n) is 1.50. The second-order valence-corrected chi connectivity index (χ2v) is 4.50. The first-order valence-electron chi connectivity index (χ1n) is 2.44. The summed E-state index contributed by atoms with van der Waals surface area (Å²) in [6, 6.07) is 0. The van der Waals surface area contributed by atoms with Crippen LogP contribution in [0.1, 0.15) is 0 Å². The molecule has 0 N–H and O–H groups in total. The average molecular weight is 248 g/mol. The van der Waals surface area contributed by atoms with Crippen LogP contribution in [0.5, 0.6) is 0 Å². The SMILES string of the molecule is C[Si](C)C.[CH-]=O.[CH-]=O.[CH-]=O.[CH-]=O.[Co]. The fourth-order valence-corrected chi connectivity index (χ4v) is 0. The molecule has 0 spiro atoms. The van der Waals surface area contributed by atoms with Crippen LogP contribution >= 0.6 is 0 Å². The van der Waals surface area contributed by atoms with Gasteiger partial charge in [0.2, 0.25) is 0 Å². The molecule has 82 valence electrons. The van der Waals surface area contributed by atoms with Gasteiger partial charge in [-0.25, -0.2) is 0 Å². The summed E-state index contributed by atoms with van der Waals surface area (Å²) in [6.45, 7) is 19.8. The van der Waals surface area contributed by atoms with E-state index in [2.05, 4.69) is 46.8 Å². The molecule has 4 nitrogen and oxygen atoms in total. The van der Waals surface area contributed by atoms with Gasteiger partial charge in [-0.1, -0.05) is 19.6 Å². The molecule has 0 aliphatic rings. The summed E-state index contributed by atoms with van der Waals surface area (Å²) < 4.78 is 0. The van der Waals surface area contributed by atoms with Crippen molar-refractivity contribution in [1.29, 1.82) is 0 Å². The van der Waals surface area contributed by atoms with Gasteiger partial charge >= 0.3 is 0 Å². The van der Waals surface area contributed by atoms with Crippen molar-refractivity contribution in [3.8, 4) is 0 Å². The van der Waals surface area contributed by atoms with Crippen molar-refractivity contribution in [2.45, 2.75) is 19.6 Å². The van der Waals surface area contributed by atoms with E-state index in [0.29, 0.717) is 0 Å². The fourth-order valence-electron chi connectivity index (χ4n) is 0. The van der Waals surface area contributed by atoms with E-state index in [-0.39, 0.29) is 25.6 Å². The summed E-state index contributed by atoms with van der Waals surface area (Å²) in [6.07, 6.45) is 0. The maximum atomic E-state index is 7.75. The summed E-state index contributed by atoms with van der Waals surface area (Å²) in [7, 11) is 0.120. The molecule has 13 heavy (non-hydrogen) atoms. The molecule has 0 saturated carbocycles. The standard InChI is InChI=1S/C3H9Si.4CHO.Co/c1-4(2)3;4*1-2;/h1-3H3;4*1H;/q;4*-1;. The first kappa shape index (κ1) is 39.3. The molecule has 6 heteroatoms. The van der Waals surface area contributed by atoms with Crippen molar-refractivity contribution in [3.63, 3.8) is 0 Å². The van der Waals surface area contributed by atoms with Gasteiger partial charge in [0, 0.05) is 25.6 Å². The Labute approximate surface area is 91.9 Å². The molecule has 0 aromatic heterocycles. The minimum atomic E-state index is 0. The molecule has 0 aliphatic heterocycles. The molecular weight excluding hydrogens is 235 g/mol. The van der Waals surface area contributed by atoms with Gasteiger partial charge in [-0.15, -0.1) is 0 Å². The molecule has 0 amide bonds. The predicted molar refractivity (Wildman–Crippen MR) is 50.3 cm³/mol. The number of hydrogen-bond donors (Lipinski definition) is 0. The molecule has 0 aromatic rings. The van der Waals surface area contributed by atoms with Gasteiger partial charge in [-0.2, -0.15) is 0 Å². The van der Waals surface area contributed by atoms with Gasteiger partial charge in [-0.05, 0) is 0 Å². The zero-order valence-corrected chi connectivity index (χ0v) is 9.82. The van der Waals surface area contributed by atoms with Crippen LogP contribution in [0.2, 0.25) is 19.6 Å². The Hall–Kier alpha value is -0.597. The first-order chi connectivity index (χ1) is 5.73. The Morgan fingerprint density at radius 2 is 0.615 bits per heavy atom. The van der Waals surface area contributed by atoms with E-state index >= 15 is 0 Å². The normalized spacial score (nSPS) is 4.00. The Morgan fingerprint density at radius 3 is 0.615 bits per heavy atom. The Kier molecular flexibility index (Phi) is 647. The van der Waals surface area contributed by atoms with E-state index in [1.165, 1.54) is 0 Å². The van der Waals surface area contributed by atoms with Crippen LogP contribution in [0, 0.1) is 0 Å². The molecular formula is C7H13CoO4Si-4. The van der Waals surface area contributed by atoms with Gasteiger partial charge in [-0.3, -0.25) is 27.2 Å². The molecule has 0 saturated heterocycles. The smallest absolute Gasteiger partial charge is 0.0379 e. The van der Waals surface area contributed by atoms with Gasteiger partial charge in [0.25, 0.3) is 0 Å². The topological polar surface area (TPSA) is 68.3 Å². The summed E-state index contributed by atoms with van der Waals surface area (Å²) in [4.78, 5) is 31.0. The Morgan fingerprint density at radius 1 is 0.615 bits per heavy atom. The number of carbonyl (C=O) groups excluding carboxylic acids is 4. The molecule has 0 aromatic carbocycles. The minimum Gasteiger partial charge on any atom is -0.545 e. The van der Waals surface area contributed by atoms with E-state index in [1.807, 2.05) is 0 Å². The van der Waals surface area contributed by atoms with Crippen LogP contribution in [-0.2, 0) is 36.0 Å². The van der Waals surface area contributed by atoms with E-state index in [0.717, 1.165) is 0 Å². The maximum absolute atomic E-state index is 7.75. The Bertz CT molecular complexity index is 47.0. The molecule has 0 aliphatic carbocycles. The zero-order valence-electron chi connectivity index (χ0n) is 7.78. The van der Waals surface area contributed by atoms with Gasteiger partial charge in [0.15, 0.2) is 0 Å². The van der Waals surface area contributed by atoms with E-state index in [1.54, 1.807) is 0 Å². The third-order valence-electron chi connectivity index (χ3n) is 0. The molecule has 0 rings (SSSR count). The molecule has 0 bridgehead atoms.